The Morgan fingerprint density at radius 2 is 2.25 bits per heavy atom. The molecule has 1 amide bonds. The van der Waals surface area contributed by atoms with Crippen LogP contribution in [0.1, 0.15) is 0 Å². The van der Waals surface area contributed by atoms with Gasteiger partial charge < -0.3 is 0 Å². The molecule has 1 heterocycles. The Bertz CT molecular complexity index is 303. The molecule has 0 aliphatic heterocycles. The Kier molecular flexibility index (Phi) is 2.89. The summed E-state index contributed by atoms with van der Waals surface area (Å²) >= 11 is 10.8. The minimum absolute atomic E-state index is 0.331. The summed E-state index contributed by atoms with van der Waals surface area (Å²) in [5.41, 5.74) is 0. The zero-order valence-electron chi connectivity index (χ0n) is 6.29. The van der Waals surface area contributed by atoms with Gasteiger partial charge in [-0.05, 0) is 23.7 Å². The molecule has 0 aliphatic carbocycles. The SMILES string of the molecule is CN(C(=O)Cl)c1cccc(Cl)n1. The average Bonchev–Trinajstić information content (AvgIpc) is 2.03. The second-order valence-electron chi connectivity index (χ2n) is 2.13. The molecule has 0 spiro atoms. The predicted octanol–water partition coefficient (Wildman–Crippen LogP) is 2.53. The summed E-state index contributed by atoms with van der Waals surface area (Å²) in [6.45, 7) is 0. The van der Waals surface area contributed by atoms with Crippen LogP contribution in [0.25, 0.3) is 0 Å². The Labute approximate surface area is 79.9 Å². The zero-order chi connectivity index (χ0) is 9.14. The molecule has 3 nitrogen and oxygen atoms in total. The molecule has 0 aliphatic rings. The quantitative estimate of drug-likeness (QED) is 0.401. The monoisotopic (exact) mass is 204 g/mol. The van der Waals surface area contributed by atoms with E-state index in [0.717, 1.165) is 0 Å². The average molecular weight is 205 g/mol. The molecule has 0 saturated heterocycles. The van der Waals surface area contributed by atoms with Crippen molar-refractivity contribution in [3.8, 4) is 0 Å². The Morgan fingerprint density at radius 3 is 2.75 bits per heavy atom. The molecular weight excluding hydrogens is 199 g/mol. The van der Waals surface area contributed by atoms with Crippen LogP contribution in [0.4, 0.5) is 10.6 Å². The van der Waals surface area contributed by atoms with Crippen LogP contribution in [0.2, 0.25) is 5.15 Å². The fraction of sp³-hybridized carbons (Fsp3) is 0.143. The number of rotatable bonds is 1. The summed E-state index contributed by atoms with van der Waals surface area (Å²) < 4.78 is 0. The van der Waals surface area contributed by atoms with E-state index in [1.54, 1.807) is 18.2 Å². The van der Waals surface area contributed by atoms with Crippen molar-refractivity contribution < 1.29 is 4.79 Å². The zero-order valence-corrected chi connectivity index (χ0v) is 7.80. The topological polar surface area (TPSA) is 33.2 Å². The van der Waals surface area contributed by atoms with Crippen molar-refractivity contribution in [2.45, 2.75) is 0 Å². The van der Waals surface area contributed by atoms with Crippen molar-refractivity contribution in [2.24, 2.45) is 0 Å². The van der Waals surface area contributed by atoms with E-state index >= 15 is 0 Å². The normalized spacial score (nSPS) is 9.58. The van der Waals surface area contributed by atoms with Gasteiger partial charge in [0, 0.05) is 7.05 Å². The van der Waals surface area contributed by atoms with Crippen molar-refractivity contribution in [3.63, 3.8) is 0 Å². The van der Waals surface area contributed by atoms with Crippen LogP contribution < -0.4 is 4.90 Å². The number of aromatic nitrogens is 1. The fourth-order valence-corrected chi connectivity index (χ4v) is 0.920. The smallest absolute Gasteiger partial charge is 0.286 e. The second-order valence-corrected chi connectivity index (χ2v) is 2.84. The van der Waals surface area contributed by atoms with Crippen molar-refractivity contribution in [1.29, 1.82) is 0 Å². The molecule has 0 bridgehead atoms. The highest BCUT2D eigenvalue weighted by Crippen LogP contribution is 2.13. The number of hydrogen-bond donors (Lipinski definition) is 0. The molecule has 1 aromatic rings. The maximum atomic E-state index is 10.7. The van der Waals surface area contributed by atoms with Crippen LogP contribution >= 0.6 is 23.2 Å². The van der Waals surface area contributed by atoms with Gasteiger partial charge in [-0.3, -0.25) is 9.69 Å². The van der Waals surface area contributed by atoms with Crippen LogP contribution in [0.15, 0.2) is 18.2 Å². The molecule has 1 rings (SSSR count). The first-order chi connectivity index (χ1) is 5.61. The lowest BCUT2D eigenvalue weighted by molar-refractivity contribution is 0.265. The van der Waals surface area contributed by atoms with Gasteiger partial charge in [0.25, 0.3) is 0 Å². The Hall–Kier alpha value is -0.800. The van der Waals surface area contributed by atoms with Gasteiger partial charge in [-0.1, -0.05) is 17.7 Å². The first kappa shape index (κ1) is 9.29. The van der Waals surface area contributed by atoms with Crippen molar-refractivity contribution in [2.75, 3.05) is 11.9 Å². The van der Waals surface area contributed by atoms with E-state index < -0.39 is 5.37 Å². The van der Waals surface area contributed by atoms with E-state index in [1.165, 1.54) is 11.9 Å². The molecule has 0 unspecified atom stereocenters. The number of carbonyl (C=O) groups is 1. The summed E-state index contributed by atoms with van der Waals surface area (Å²) in [4.78, 5) is 15.7. The largest absolute Gasteiger partial charge is 0.321 e. The van der Waals surface area contributed by atoms with Gasteiger partial charge in [-0.2, -0.15) is 0 Å². The van der Waals surface area contributed by atoms with Gasteiger partial charge in [0.2, 0.25) is 0 Å². The van der Waals surface area contributed by atoms with Gasteiger partial charge in [-0.15, -0.1) is 0 Å². The van der Waals surface area contributed by atoms with Gasteiger partial charge in [0.1, 0.15) is 11.0 Å². The molecule has 0 radical (unpaired) electrons. The Balaban J connectivity index is 2.95. The maximum absolute atomic E-state index is 10.7. The molecule has 0 fully saturated rings. The molecule has 0 saturated carbocycles. The van der Waals surface area contributed by atoms with E-state index in [1.807, 2.05) is 0 Å². The number of anilines is 1. The molecule has 0 aromatic carbocycles. The molecule has 0 atom stereocenters. The maximum Gasteiger partial charge on any atom is 0.321 e. The molecule has 12 heavy (non-hydrogen) atoms. The fourth-order valence-electron chi connectivity index (χ4n) is 0.674. The third-order valence-corrected chi connectivity index (χ3v) is 1.77. The molecule has 64 valence electrons. The second kappa shape index (κ2) is 3.74. The van der Waals surface area contributed by atoms with E-state index in [2.05, 4.69) is 4.98 Å². The summed E-state index contributed by atoms with van der Waals surface area (Å²) in [6, 6.07) is 4.96. The highest BCUT2D eigenvalue weighted by atomic mass is 35.5. The van der Waals surface area contributed by atoms with Gasteiger partial charge in [0.15, 0.2) is 0 Å². The van der Waals surface area contributed by atoms with Crippen molar-refractivity contribution >= 4 is 34.4 Å². The van der Waals surface area contributed by atoms with Crippen LogP contribution in [-0.4, -0.2) is 17.4 Å². The standard InChI is InChI=1S/C7H6Cl2N2O/c1-11(7(9)12)6-4-2-3-5(8)10-6/h2-4H,1H3. The minimum atomic E-state index is -0.593. The predicted molar refractivity (Wildman–Crippen MR) is 48.9 cm³/mol. The summed E-state index contributed by atoms with van der Waals surface area (Å²) in [5.74, 6) is 0.433. The van der Waals surface area contributed by atoms with E-state index in [9.17, 15) is 4.79 Å². The third-order valence-electron chi connectivity index (χ3n) is 1.31. The van der Waals surface area contributed by atoms with E-state index in [4.69, 9.17) is 23.2 Å². The van der Waals surface area contributed by atoms with Crippen LogP contribution in [0.5, 0.6) is 0 Å². The first-order valence-corrected chi connectivity index (χ1v) is 3.92. The van der Waals surface area contributed by atoms with E-state index in [-0.39, 0.29) is 0 Å². The lowest BCUT2D eigenvalue weighted by Crippen LogP contribution is -2.20. The lowest BCUT2D eigenvalue weighted by Gasteiger charge is -2.11. The van der Waals surface area contributed by atoms with Gasteiger partial charge in [-0.25, -0.2) is 4.98 Å². The highest BCUT2D eigenvalue weighted by molar-refractivity contribution is 6.66. The number of nitrogens with zero attached hydrogens (tertiary/aromatic N) is 2. The molecule has 1 aromatic heterocycles. The highest BCUT2D eigenvalue weighted by Gasteiger charge is 2.08. The van der Waals surface area contributed by atoms with Crippen molar-refractivity contribution in [1.82, 2.24) is 4.98 Å². The lowest BCUT2D eigenvalue weighted by atomic mass is 10.4. The number of amides is 1. The van der Waals surface area contributed by atoms with Crippen LogP contribution in [0.3, 0.4) is 0 Å². The molecule has 0 N–H and O–H groups in total. The van der Waals surface area contributed by atoms with Crippen LogP contribution in [0, 0.1) is 0 Å². The number of hydrogen-bond acceptors (Lipinski definition) is 2. The number of carbonyl (C=O) groups excluding carboxylic acids is 1. The van der Waals surface area contributed by atoms with Crippen molar-refractivity contribution in [3.05, 3.63) is 23.4 Å². The summed E-state index contributed by atoms with van der Waals surface area (Å²) in [6.07, 6.45) is 0. The molecular formula is C7H6Cl2N2O. The summed E-state index contributed by atoms with van der Waals surface area (Å²) in [7, 11) is 1.52. The number of pyridine rings is 1. The third kappa shape index (κ3) is 2.09. The first-order valence-electron chi connectivity index (χ1n) is 3.17. The minimum Gasteiger partial charge on any atom is -0.286 e. The van der Waals surface area contributed by atoms with E-state index in [0.29, 0.717) is 11.0 Å². The van der Waals surface area contributed by atoms with Gasteiger partial charge >= 0.3 is 5.37 Å². The Morgan fingerprint density at radius 1 is 1.58 bits per heavy atom. The molecule has 5 heteroatoms. The number of halogens is 2. The summed E-state index contributed by atoms with van der Waals surface area (Å²) in [5, 5.41) is -0.262. The van der Waals surface area contributed by atoms with Crippen LogP contribution in [-0.2, 0) is 0 Å². The van der Waals surface area contributed by atoms with Gasteiger partial charge in [0.05, 0.1) is 0 Å².